The van der Waals surface area contributed by atoms with Gasteiger partial charge in [-0.3, -0.25) is 9.69 Å². The third kappa shape index (κ3) is 8.50. The highest BCUT2D eigenvalue weighted by molar-refractivity contribution is 14.0. The number of carbonyl (C=O) groups is 1. The second-order valence-electron chi connectivity index (χ2n) is 7.61. The first-order chi connectivity index (χ1) is 13.5. The largest absolute Gasteiger partial charge is 0.354 e. The fourth-order valence-corrected chi connectivity index (χ4v) is 3.69. The zero-order chi connectivity index (χ0) is 20.4. The lowest BCUT2D eigenvalue weighted by molar-refractivity contribution is -0.127. The molecule has 7 heteroatoms. The van der Waals surface area contributed by atoms with Crippen molar-refractivity contribution in [1.82, 2.24) is 20.4 Å². The average Bonchev–Trinajstić information content (AvgIpc) is 3.22. The summed E-state index contributed by atoms with van der Waals surface area (Å²) in [5, 5.41) is 7.06. The number of nitrogens with one attached hydrogen (secondary N) is 2. The minimum atomic E-state index is 0. The predicted octanol–water partition coefficient (Wildman–Crippen LogP) is 3.25. The van der Waals surface area contributed by atoms with E-state index in [1.807, 2.05) is 0 Å². The molecular formula is C22H38IN5O. The van der Waals surface area contributed by atoms with Gasteiger partial charge in [0.15, 0.2) is 5.96 Å². The summed E-state index contributed by atoms with van der Waals surface area (Å²) >= 11 is 0. The van der Waals surface area contributed by atoms with Gasteiger partial charge in [0, 0.05) is 26.7 Å². The monoisotopic (exact) mass is 515 g/mol. The number of hydrogen-bond donors (Lipinski definition) is 2. The van der Waals surface area contributed by atoms with E-state index in [4.69, 9.17) is 0 Å². The van der Waals surface area contributed by atoms with E-state index < -0.39 is 0 Å². The third-order valence-electron chi connectivity index (χ3n) is 5.47. The molecule has 1 amide bonds. The highest BCUT2D eigenvalue weighted by Gasteiger charge is 2.20. The normalized spacial score (nSPS) is 15.7. The zero-order valence-electron chi connectivity index (χ0n) is 18.4. The molecule has 29 heavy (non-hydrogen) atoms. The highest BCUT2D eigenvalue weighted by atomic mass is 127. The molecule has 0 radical (unpaired) electrons. The summed E-state index contributed by atoms with van der Waals surface area (Å²) in [6.45, 7) is 7.28. The summed E-state index contributed by atoms with van der Waals surface area (Å²) in [5.74, 6) is 0.756. The molecule has 2 N–H and O–H groups in total. The smallest absolute Gasteiger partial charge is 0.243 e. The van der Waals surface area contributed by atoms with Gasteiger partial charge in [0.2, 0.25) is 5.91 Å². The van der Waals surface area contributed by atoms with Gasteiger partial charge in [-0.15, -0.1) is 24.0 Å². The first-order valence-corrected chi connectivity index (χ1v) is 10.6. The van der Waals surface area contributed by atoms with Crippen molar-refractivity contribution < 1.29 is 4.79 Å². The molecule has 6 nitrogen and oxygen atoms in total. The second-order valence-corrected chi connectivity index (χ2v) is 7.61. The number of carbonyl (C=O) groups excluding carboxylic acids is 1. The maximum atomic E-state index is 12.0. The van der Waals surface area contributed by atoms with Crippen LogP contribution in [-0.2, 0) is 4.79 Å². The molecule has 164 valence electrons. The molecule has 1 fully saturated rings. The number of amides is 1. The van der Waals surface area contributed by atoms with E-state index in [2.05, 4.69) is 64.7 Å². The Morgan fingerprint density at radius 1 is 1.14 bits per heavy atom. The molecule has 1 unspecified atom stereocenters. The van der Waals surface area contributed by atoms with Gasteiger partial charge in [-0.1, -0.05) is 57.0 Å². The standard InChI is InChI=1S/C22H37N5O.HI/c1-5-27(6-2)20(18-12-8-7-9-13-18)16-23-22(24-17-21(28)26(3)4)25-19-14-10-11-15-19;/h7-9,12-13,19-20H,5-6,10-11,14-17H2,1-4H3,(H2,23,24,25);1H. The van der Waals surface area contributed by atoms with Crippen LogP contribution < -0.4 is 10.6 Å². The predicted molar refractivity (Wildman–Crippen MR) is 132 cm³/mol. The topological polar surface area (TPSA) is 60.0 Å². The molecule has 1 aromatic carbocycles. The number of benzene rings is 1. The van der Waals surface area contributed by atoms with Crippen LogP contribution in [0.4, 0.5) is 0 Å². The van der Waals surface area contributed by atoms with Gasteiger partial charge in [0.25, 0.3) is 0 Å². The van der Waals surface area contributed by atoms with E-state index >= 15 is 0 Å². The van der Waals surface area contributed by atoms with E-state index in [0.717, 1.165) is 25.6 Å². The maximum Gasteiger partial charge on any atom is 0.243 e. The number of halogens is 1. The van der Waals surface area contributed by atoms with E-state index in [0.29, 0.717) is 6.04 Å². The van der Waals surface area contributed by atoms with Crippen molar-refractivity contribution in [3.63, 3.8) is 0 Å². The molecule has 1 aromatic rings. The summed E-state index contributed by atoms with van der Waals surface area (Å²) in [4.78, 5) is 20.6. The number of nitrogens with zero attached hydrogens (tertiary/aromatic N) is 3. The summed E-state index contributed by atoms with van der Waals surface area (Å²) in [6.07, 6.45) is 4.85. The van der Waals surface area contributed by atoms with Crippen molar-refractivity contribution in [1.29, 1.82) is 0 Å². The van der Waals surface area contributed by atoms with Gasteiger partial charge in [0.1, 0.15) is 6.54 Å². The number of guanidine groups is 1. The Kier molecular flexibility index (Phi) is 12.2. The summed E-state index contributed by atoms with van der Waals surface area (Å²) < 4.78 is 0. The van der Waals surface area contributed by atoms with Gasteiger partial charge >= 0.3 is 0 Å². The number of hydrogen-bond acceptors (Lipinski definition) is 3. The van der Waals surface area contributed by atoms with Crippen molar-refractivity contribution in [3.05, 3.63) is 35.9 Å². The summed E-state index contributed by atoms with van der Waals surface area (Å²) in [7, 11) is 3.53. The number of likely N-dealkylation sites (N-methyl/N-ethyl adjacent to an activating group) is 2. The van der Waals surface area contributed by atoms with E-state index in [9.17, 15) is 4.79 Å². The molecule has 1 atom stereocenters. The lowest BCUT2D eigenvalue weighted by Crippen LogP contribution is -2.46. The minimum Gasteiger partial charge on any atom is -0.354 e. The minimum absolute atomic E-state index is 0. The van der Waals surface area contributed by atoms with Crippen molar-refractivity contribution in [2.45, 2.75) is 51.6 Å². The third-order valence-corrected chi connectivity index (χ3v) is 5.47. The van der Waals surface area contributed by atoms with E-state index in [1.54, 1.807) is 19.0 Å². The van der Waals surface area contributed by atoms with E-state index in [1.165, 1.54) is 31.2 Å². The first kappa shape index (κ1) is 25.7. The van der Waals surface area contributed by atoms with Crippen molar-refractivity contribution in [2.75, 3.05) is 40.3 Å². The fraction of sp³-hybridized carbons (Fsp3) is 0.636. The highest BCUT2D eigenvalue weighted by Crippen LogP contribution is 2.20. The van der Waals surface area contributed by atoms with Crippen LogP contribution in [0.3, 0.4) is 0 Å². The van der Waals surface area contributed by atoms with Crippen LogP contribution in [0, 0.1) is 0 Å². The average molecular weight is 515 g/mol. The Labute approximate surface area is 193 Å². The first-order valence-electron chi connectivity index (χ1n) is 10.6. The number of rotatable bonds is 9. The van der Waals surface area contributed by atoms with Crippen molar-refractivity contribution >= 4 is 35.8 Å². The van der Waals surface area contributed by atoms with Crippen LogP contribution >= 0.6 is 24.0 Å². The number of aliphatic imine (C=N–C) groups is 1. The van der Waals surface area contributed by atoms with Crippen LogP contribution in [0.25, 0.3) is 0 Å². The molecule has 2 rings (SSSR count). The van der Waals surface area contributed by atoms with Crippen LogP contribution in [0.2, 0.25) is 0 Å². The molecule has 0 aliphatic heterocycles. The molecule has 0 heterocycles. The lowest BCUT2D eigenvalue weighted by Gasteiger charge is -2.31. The molecule has 0 aromatic heterocycles. The van der Waals surface area contributed by atoms with Gasteiger partial charge < -0.3 is 15.5 Å². The fourth-order valence-electron chi connectivity index (χ4n) is 3.69. The summed E-state index contributed by atoms with van der Waals surface area (Å²) in [6, 6.07) is 11.3. The van der Waals surface area contributed by atoms with Crippen LogP contribution in [-0.4, -0.2) is 68.0 Å². The van der Waals surface area contributed by atoms with Gasteiger partial charge in [-0.25, -0.2) is 4.99 Å². The Balaban J connectivity index is 0.00000420. The molecule has 0 saturated heterocycles. The molecule has 1 aliphatic rings. The van der Waals surface area contributed by atoms with Gasteiger partial charge in [-0.2, -0.15) is 0 Å². The van der Waals surface area contributed by atoms with Crippen LogP contribution in [0.1, 0.15) is 51.1 Å². The quantitative estimate of drug-likeness (QED) is 0.301. The van der Waals surface area contributed by atoms with Gasteiger partial charge in [-0.05, 0) is 31.5 Å². The lowest BCUT2D eigenvalue weighted by atomic mass is 10.1. The second kappa shape index (κ2) is 13.8. The summed E-state index contributed by atoms with van der Waals surface area (Å²) in [5.41, 5.74) is 1.29. The van der Waals surface area contributed by atoms with Crippen LogP contribution in [0.15, 0.2) is 35.3 Å². The Morgan fingerprint density at radius 2 is 1.76 bits per heavy atom. The van der Waals surface area contributed by atoms with Crippen molar-refractivity contribution in [3.8, 4) is 0 Å². The molecule has 1 aliphatic carbocycles. The molecule has 0 bridgehead atoms. The molecule has 1 saturated carbocycles. The Hall–Kier alpha value is -1.35. The van der Waals surface area contributed by atoms with E-state index in [-0.39, 0.29) is 42.5 Å². The Bertz CT molecular complexity index is 613. The van der Waals surface area contributed by atoms with Crippen molar-refractivity contribution in [2.24, 2.45) is 4.99 Å². The van der Waals surface area contributed by atoms with Gasteiger partial charge in [0.05, 0.1) is 6.04 Å². The maximum absolute atomic E-state index is 12.0. The Morgan fingerprint density at radius 3 is 2.31 bits per heavy atom. The van der Waals surface area contributed by atoms with Crippen LogP contribution in [0.5, 0.6) is 0 Å². The zero-order valence-corrected chi connectivity index (χ0v) is 20.7. The molecule has 0 spiro atoms. The molecular weight excluding hydrogens is 477 g/mol. The SMILES string of the molecule is CCN(CC)C(CNC(=NCC(=O)N(C)C)NC1CCCC1)c1ccccc1.I.